The summed E-state index contributed by atoms with van der Waals surface area (Å²) in [5.74, 6) is 5.68. The van der Waals surface area contributed by atoms with Crippen molar-refractivity contribution in [3.8, 4) is 34.5 Å². The Bertz CT molecular complexity index is 1750. The summed E-state index contributed by atoms with van der Waals surface area (Å²) in [7, 11) is 5.94. The predicted molar refractivity (Wildman–Crippen MR) is 220 cm³/mol. The lowest BCUT2D eigenvalue weighted by molar-refractivity contribution is 0.179. The number of hydrogen-bond acceptors (Lipinski definition) is 13. The molecule has 0 aliphatic carbocycles. The lowest BCUT2D eigenvalue weighted by Crippen LogP contribution is -2.32. The first-order chi connectivity index (χ1) is 26.5. The predicted octanol–water partition coefficient (Wildman–Crippen LogP) is 10.2. The molecule has 0 heterocycles. The van der Waals surface area contributed by atoms with Gasteiger partial charge < -0.3 is 23.7 Å². The minimum Gasteiger partial charge on any atom is -0.457 e. The van der Waals surface area contributed by atoms with Gasteiger partial charge in [0.05, 0.1) is 24.3 Å². The summed E-state index contributed by atoms with van der Waals surface area (Å²) in [6, 6.07) is 27.4. The van der Waals surface area contributed by atoms with Gasteiger partial charge in [-0.3, -0.25) is 0 Å². The minimum atomic E-state index is -0.707. The van der Waals surface area contributed by atoms with Crippen molar-refractivity contribution in [1.82, 2.24) is 17.2 Å². The molecule has 0 spiro atoms. The second-order valence-corrected chi connectivity index (χ2v) is 16.2. The smallest absolute Gasteiger partial charge is 0.426 e. The summed E-state index contributed by atoms with van der Waals surface area (Å²) < 4.78 is 32.6. The van der Waals surface area contributed by atoms with Crippen LogP contribution in [0.25, 0.3) is 0 Å². The molecule has 0 radical (unpaired) electrons. The maximum atomic E-state index is 12.7. The Balaban J connectivity index is 1.20. The summed E-state index contributed by atoms with van der Waals surface area (Å²) in [6.45, 7) is 4.12. The van der Waals surface area contributed by atoms with E-state index in [0.29, 0.717) is 34.5 Å². The Morgan fingerprint density at radius 2 is 0.764 bits per heavy atom. The molecular formula is C38H42N4O9S4. The Hall–Kier alpha value is -4.84. The molecule has 55 heavy (non-hydrogen) atoms. The summed E-state index contributed by atoms with van der Waals surface area (Å²) in [6.07, 6.45) is -2.69. The molecule has 4 aromatic rings. The van der Waals surface area contributed by atoms with Crippen LogP contribution in [0.1, 0.15) is 25.0 Å². The summed E-state index contributed by atoms with van der Waals surface area (Å²) >= 11 is 5.09. The number of carbonyl (C=O) groups excluding carboxylic acids is 4. The molecular weight excluding hydrogens is 785 g/mol. The van der Waals surface area contributed by atoms with Crippen LogP contribution in [0.15, 0.2) is 97.1 Å². The number of ether oxygens (including phenoxy) is 5. The van der Waals surface area contributed by atoms with Crippen LogP contribution in [0.5, 0.6) is 34.5 Å². The van der Waals surface area contributed by atoms with Crippen LogP contribution < -0.4 is 23.7 Å². The number of carbonyl (C=O) groups is 4. The highest BCUT2D eigenvalue weighted by atomic mass is 32.2. The fourth-order valence-electron chi connectivity index (χ4n) is 4.30. The molecule has 292 valence electrons. The topological polar surface area (TPSA) is 127 Å². The molecule has 4 rings (SSSR count). The molecule has 0 unspecified atom stereocenters. The monoisotopic (exact) mass is 826 g/mol. The number of thioether (sulfide) groups is 2. The van der Waals surface area contributed by atoms with Gasteiger partial charge in [0.15, 0.2) is 0 Å². The van der Waals surface area contributed by atoms with E-state index >= 15 is 0 Å². The molecule has 0 atom stereocenters. The quantitative estimate of drug-likeness (QED) is 0.0995. The van der Waals surface area contributed by atoms with Gasteiger partial charge in [0.1, 0.15) is 34.5 Å². The molecule has 0 aromatic heterocycles. The maximum Gasteiger partial charge on any atom is 0.426 e. The number of benzene rings is 4. The van der Waals surface area contributed by atoms with Crippen LogP contribution in [-0.4, -0.2) is 81.3 Å². The van der Waals surface area contributed by atoms with E-state index in [9.17, 15) is 19.2 Å². The number of para-hydroxylation sites is 2. The highest BCUT2D eigenvalue weighted by Gasteiger charge is 2.22. The van der Waals surface area contributed by atoms with E-state index in [2.05, 4.69) is 13.8 Å². The van der Waals surface area contributed by atoms with Crippen molar-refractivity contribution >= 4 is 72.2 Å². The summed E-state index contributed by atoms with van der Waals surface area (Å²) in [5, 5.41) is 0. The van der Waals surface area contributed by atoms with Crippen LogP contribution in [0, 0.1) is 0 Å². The largest absolute Gasteiger partial charge is 0.457 e. The number of hydrogen-bond donors (Lipinski definition) is 0. The standard InChI is InChI=1S/C38H42N4O9S4/c1-7-52-25-27-13-9-11-15-33(27)50-37(45)41(5)54-39(3)35(43)48-31-21-17-29(18-22-31)47-30-19-23-32(24-20-30)49-36(44)40(4)55-42(6)38(46)51-34-16-12-10-14-28(34)26-53-8-2/h9-24H,7-8,25-26H2,1-6H3. The SMILES string of the molecule is CCSCc1ccccc1OC(=O)N(C)SN(C)C(=O)Oc1ccc(Oc2ccc(OC(=O)N(C)SN(C)C(=O)Oc3ccccc3CSCC)cc2)cc1. The first-order valence-corrected chi connectivity index (χ1v) is 20.6. The van der Waals surface area contributed by atoms with Gasteiger partial charge in [-0.15, -0.1) is 0 Å². The van der Waals surface area contributed by atoms with E-state index in [-0.39, 0.29) is 11.5 Å². The van der Waals surface area contributed by atoms with Crippen LogP contribution >= 0.6 is 47.8 Å². The van der Waals surface area contributed by atoms with Crippen molar-refractivity contribution in [3.05, 3.63) is 108 Å². The Kier molecular flexibility index (Phi) is 17.1. The van der Waals surface area contributed by atoms with Crippen molar-refractivity contribution in [2.24, 2.45) is 0 Å². The van der Waals surface area contributed by atoms with Gasteiger partial charge in [0, 0.05) is 50.8 Å². The third-order valence-electron chi connectivity index (χ3n) is 7.07. The molecule has 0 N–H and O–H groups in total. The Morgan fingerprint density at radius 1 is 0.455 bits per heavy atom. The zero-order valence-electron chi connectivity index (χ0n) is 31.2. The number of amides is 4. The third-order valence-corrected chi connectivity index (χ3v) is 10.5. The van der Waals surface area contributed by atoms with Crippen molar-refractivity contribution in [2.75, 3.05) is 39.7 Å². The van der Waals surface area contributed by atoms with Crippen molar-refractivity contribution in [1.29, 1.82) is 0 Å². The van der Waals surface area contributed by atoms with Crippen molar-refractivity contribution in [3.63, 3.8) is 0 Å². The lowest BCUT2D eigenvalue weighted by atomic mass is 10.2. The highest BCUT2D eigenvalue weighted by molar-refractivity contribution is 7.98. The lowest BCUT2D eigenvalue weighted by Gasteiger charge is -2.22. The van der Waals surface area contributed by atoms with Gasteiger partial charge in [-0.1, -0.05) is 50.2 Å². The molecule has 0 aliphatic heterocycles. The van der Waals surface area contributed by atoms with Crippen LogP contribution in [0.2, 0.25) is 0 Å². The van der Waals surface area contributed by atoms with Gasteiger partial charge in [-0.2, -0.15) is 23.5 Å². The van der Waals surface area contributed by atoms with Crippen LogP contribution in [0.4, 0.5) is 19.2 Å². The fraction of sp³-hybridized carbons (Fsp3) is 0.263. The van der Waals surface area contributed by atoms with Gasteiger partial charge in [-0.25, -0.2) is 36.4 Å². The third kappa shape index (κ3) is 13.8. The fourth-order valence-corrected chi connectivity index (χ4v) is 6.78. The zero-order chi connectivity index (χ0) is 39.7. The summed E-state index contributed by atoms with van der Waals surface area (Å²) in [5.41, 5.74) is 1.81. The van der Waals surface area contributed by atoms with Gasteiger partial charge in [-0.05, 0) is 72.2 Å². The van der Waals surface area contributed by atoms with Crippen LogP contribution in [0.3, 0.4) is 0 Å². The molecule has 0 bridgehead atoms. The van der Waals surface area contributed by atoms with Crippen molar-refractivity contribution < 1.29 is 42.9 Å². The Morgan fingerprint density at radius 3 is 1.11 bits per heavy atom. The molecule has 0 aliphatic rings. The van der Waals surface area contributed by atoms with Gasteiger partial charge >= 0.3 is 24.4 Å². The first-order valence-electron chi connectivity index (χ1n) is 16.8. The first kappa shape index (κ1) is 42.9. The van der Waals surface area contributed by atoms with Crippen molar-refractivity contribution in [2.45, 2.75) is 25.4 Å². The van der Waals surface area contributed by atoms with E-state index in [1.54, 1.807) is 96.3 Å². The maximum absolute atomic E-state index is 12.7. The van der Waals surface area contributed by atoms with E-state index in [0.717, 1.165) is 55.5 Å². The molecule has 0 saturated carbocycles. The molecule has 4 aromatic carbocycles. The van der Waals surface area contributed by atoms with E-state index in [1.165, 1.54) is 36.8 Å². The number of nitrogens with zero attached hydrogens (tertiary/aromatic N) is 4. The number of rotatable bonds is 16. The molecule has 4 amide bonds. The van der Waals surface area contributed by atoms with E-state index in [4.69, 9.17) is 23.7 Å². The second kappa shape index (κ2) is 21.9. The molecule has 0 saturated heterocycles. The average Bonchev–Trinajstić information content (AvgIpc) is 3.18. The minimum absolute atomic E-state index is 0.261. The Labute approximate surface area is 338 Å². The van der Waals surface area contributed by atoms with Crippen LogP contribution in [-0.2, 0) is 11.5 Å². The average molecular weight is 827 g/mol. The highest BCUT2D eigenvalue weighted by Crippen LogP contribution is 2.29. The van der Waals surface area contributed by atoms with Gasteiger partial charge in [0.2, 0.25) is 0 Å². The molecule has 0 fully saturated rings. The van der Waals surface area contributed by atoms with E-state index < -0.39 is 24.4 Å². The summed E-state index contributed by atoms with van der Waals surface area (Å²) in [4.78, 5) is 50.9. The van der Waals surface area contributed by atoms with Gasteiger partial charge in [0.25, 0.3) is 0 Å². The zero-order valence-corrected chi connectivity index (χ0v) is 34.4. The second-order valence-electron chi connectivity index (χ2n) is 11.2. The normalized spacial score (nSPS) is 10.5. The molecule has 13 nitrogen and oxygen atoms in total. The van der Waals surface area contributed by atoms with E-state index in [1.807, 2.05) is 24.3 Å². The molecule has 17 heteroatoms.